The zero-order chi connectivity index (χ0) is 28.2. The van der Waals surface area contributed by atoms with E-state index in [1.807, 2.05) is 6.07 Å². The summed E-state index contributed by atoms with van der Waals surface area (Å²) in [6.07, 6.45) is 4.42. The van der Waals surface area contributed by atoms with Gasteiger partial charge in [-0.05, 0) is 25.0 Å². The van der Waals surface area contributed by atoms with Gasteiger partial charge in [-0.25, -0.2) is 15.0 Å². The fourth-order valence-corrected chi connectivity index (χ4v) is 5.44. The third-order valence-corrected chi connectivity index (χ3v) is 7.60. The van der Waals surface area contributed by atoms with Crippen LogP contribution in [0.4, 0.5) is 11.8 Å². The second kappa shape index (κ2) is 12.4. The summed E-state index contributed by atoms with van der Waals surface area (Å²) in [5.41, 5.74) is 1.56. The standard InChI is InChI=1S/C27H30Cl2N6O5/c1-4-21(36)32-16-6-8-40-13-18(16)34-27-30-11-14-9-17(22-23(28)19(37-2)10-20(38-3)24(22)29)33-26(25(14)35-27)31-15-5-7-39-12-15/h4,9-11,15-16,18H,1,5-8,12-13H2,2-3H3,(H,31,33)(H,32,36)(H,30,34,35)/t15?,16-,18+/m0/s1. The van der Waals surface area contributed by atoms with Crippen LogP contribution in [0.5, 0.6) is 11.5 Å². The molecule has 5 rings (SSSR count). The smallest absolute Gasteiger partial charge is 0.243 e. The first-order valence-corrected chi connectivity index (χ1v) is 13.6. The molecule has 0 radical (unpaired) electrons. The Kier molecular flexibility index (Phi) is 8.75. The Hall–Kier alpha value is -3.38. The first kappa shape index (κ1) is 28.2. The fourth-order valence-electron chi connectivity index (χ4n) is 4.75. The van der Waals surface area contributed by atoms with E-state index in [2.05, 4.69) is 27.5 Å². The number of anilines is 2. The van der Waals surface area contributed by atoms with Gasteiger partial charge in [-0.15, -0.1) is 0 Å². The van der Waals surface area contributed by atoms with Crippen molar-refractivity contribution in [3.63, 3.8) is 0 Å². The Balaban J connectivity index is 1.56. The van der Waals surface area contributed by atoms with Crippen molar-refractivity contribution in [2.24, 2.45) is 0 Å². The summed E-state index contributed by atoms with van der Waals surface area (Å²) in [6, 6.07) is 3.10. The highest BCUT2D eigenvalue weighted by Gasteiger charge is 2.28. The Morgan fingerprint density at radius 3 is 2.42 bits per heavy atom. The van der Waals surface area contributed by atoms with Crippen LogP contribution in [0.15, 0.2) is 31.0 Å². The highest BCUT2D eigenvalue weighted by molar-refractivity contribution is 6.41. The maximum Gasteiger partial charge on any atom is 0.243 e. The molecule has 3 atom stereocenters. The largest absolute Gasteiger partial charge is 0.495 e. The third-order valence-electron chi connectivity index (χ3n) is 6.85. The molecule has 3 N–H and O–H groups in total. The second-order valence-corrected chi connectivity index (χ2v) is 10.2. The number of amides is 1. The lowest BCUT2D eigenvalue weighted by Crippen LogP contribution is -2.52. The molecular weight excluding hydrogens is 559 g/mol. The molecule has 2 aromatic heterocycles. The van der Waals surface area contributed by atoms with E-state index in [1.54, 1.807) is 12.3 Å². The Morgan fingerprint density at radius 2 is 1.75 bits per heavy atom. The van der Waals surface area contributed by atoms with Crippen molar-refractivity contribution in [1.82, 2.24) is 20.3 Å². The lowest BCUT2D eigenvalue weighted by molar-refractivity contribution is -0.117. The van der Waals surface area contributed by atoms with Crippen molar-refractivity contribution in [1.29, 1.82) is 0 Å². The van der Waals surface area contributed by atoms with Gasteiger partial charge in [0.1, 0.15) is 17.0 Å². The van der Waals surface area contributed by atoms with E-state index in [9.17, 15) is 4.79 Å². The number of methoxy groups -OCH3 is 2. The topological polar surface area (TPSA) is 129 Å². The van der Waals surface area contributed by atoms with Crippen LogP contribution in [0.3, 0.4) is 0 Å². The molecule has 1 amide bonds. The Morgan fingerprint density at radius 1 is 1.02 bits per heavy atom. The van der Waals surface area contributed by atoms with Crippen LogP contribution in [0.2, 0.25) is 10.0 Å². The van der Waals surface area contributed by atoms with Gasteiger partial charge in [-0.3, -0.25) is 4.79 Å². The number of rotatable bonds is 9. The SMILES string of the molecule is C=CC(=O)N[C@H]1CCOC[C@H]1Nc1ncc2cc(-c3c(Cl)c(OC)cc(OC)c3Cl)nc(NC3CCOC3)c2n1. The van der Waals surface area contributed by atoms with E-state index >= 15 is 0 Å². The number of hydrogen-bond acceptors (Lipinski definition) is 10. The van der Waals surface area contributed by atoms with E-state index in [-0.39, 0.29) is 24.0 Å². The van der Waals surface area contributed by atoms with E-state index < -0.39 is 0 Å². The number of carbonyl (C=O) groups excluding carboxylic acids is 1. The van der Waals surface area contributed by atoms with Crippen molar-refractivity contribution in [2.75, 3.05) is 51.3 Å². The highest BCUT2D eigenvalue weighted by Crippen LogP contribution is 2.46. The van der Waals surface area contributed by atoms with Crippen LogP contribution in [-0.2, 0) is 14.3 Å². The number of benzene rings is 1. The number of hydrogen-bond donors (Lipinski definition) is 3. The molecule has 0 bridgehead atoms. The lowest BCUT2D eigenvalue weighted by Gasteiger charge is -2.32. The van der Waals surface area contributed by atoms with Crippen LogP contribution in [-0.4, -0.2) is 79.6 Å². The first-order chi connectivity index (χ1) is 19.4. The number of pyridine rings is 1. The summed E-state index contributed by atoms with van der Waals surface area (Å²) >= 11 is 13.4. The molecule has 13 heteroatoms. The molecule has 40 heavy (non-hydrogen) atoms. The number of aromatic nitrogens is 3. The monoisotopic (exact) mass is 588 g/mol. The van der Waals surface area contributed by atoms with E-state index in [0.717, 1.165) is 6.42 Å². The maximum atomic E-state index is 11.9. The predicted molar refractivity (Wildman–Crippen MR) is 154 cm³/mol. The molecule has 1 aromatic carbocycles. The average Bonchev–Trinajstić information content (AvgIpc) is 3.47. The fraction of sp³-hybridized carbons (Fsp3) is 0.407. The van der Waals surface area contributed by atoms with Crippen molar-refractivity contribution in [3.8, 4) is 22.8 Å². The average molecular weight is 589 g/mol. The Labute approximate surface area is 241 Å². The molecule has 2 aliphatic heterocycles. The van der Waals surface area contributed by atoms with Gasteiger partial charge in [-0.2, -0.15) is 0 Å². The summed E-state index contributed by atoms with van der Waals surface area (Å²) in [5, 5.41) is 11.1. The first-order valence-electron chi connectivity index (χ1n) is 12.8. The van der Waals surface area contributed by atoms with E-state index in [0.29, 0.717) is 88.3 Å². The minimum Gasteiger partial charge on any atom is -0.495 e. The third kappa shape index (κ3) is 5.87. The summed E-state index contributed by atoms with van der Waals surface area (Å²) in [7, 11) is 3.04. The number of ether oxygens (including phenoxy) is 4. The second-order valence-electron chi connectivity index (χ2n) is 9.41. The minimum absolute atomic E-state index is 0.0494. The van der Waals surface area contributed by atoms with Crippen LogP contribution in [0, 0.1) is 0 Å². The summed E-state index contributed by atoms with van der Waals surface area (Å²) in [4.78, 5) is 26.2. The van der Waals surface area contributed by atoms with Crippen LogP contribution >= 0.6 is 23.2 Å². The number of fused-ring (bicyclic) bond motifs is 1. The zero-order valence-electron chi connectivity index (χ0n) is 22.1. The lowest BCUT2D eigenvalue weighted by atomic mass is 10.0. The molecule has 0 aliphatic carbocycles. The van der Waals surface area contributed by atoms with Gasteiger partial charge in [0.05, 0.1) is 61.3 Å². The molecule has 0 saturated carbocycles. The van der Waals surface area contributed by atoms with Crippen LogP contribution < -0.4 is 25.4 Å². The zero-order valence-corrected chi connectivity index (χ0v) is 23.6. The molecule has 2 fully saturated rings. The molecular formula is C27H30Cl2N6O5. The molecule has 212 valence electrons. The van der Waals surface area contributed by atoms with Crippen molar-refractivity contribution in [3.05, 3.63) is 41.0 Å². The molecule has 4 heterocycles. The van der Waals surface area contributed by atoms with Gasteiger partial charge in [0.15, 0.2) is 5.82 Å². The summed E-state index contributed by atoms with van der Waals surface area (Å²) < 4.78 is 22.1. The maximum absolute atomic E-state index is 11.9. The number of nitrogens with zero attached hydrogens (tertiary/aromatic N) is 3. The van der Waals surface area contributed by atoms with E-state index in [4.69, 9.17) is 52.1 Å². The van der Waals surface area contributed by atoms with Gasteiger partial charge >= 0.3 is 0 Å². The predicted octanol–water partition coefficient (Wildman–Crippen LogP) is 4.09. The van der Waals surface area contributed by atoms with Crippen LogP contribution in [0.1, 0.15) is 12.8 Å². The Bertz CT molecular complexity index is 1390. The molecule has 0 spiro atoms. The molecule has 1 unspecified atom stereocenters. The van der Waals surface area contributed by atoms with Crippen molar-refractivity contribution >= 4 is 51.8 Å². The number of halogens is 2. The van der Waals surface area contributed by atoms with Gasteiger partial charge in [0.2, 0.25) is 11.9 Å². The minimum atomic E-state index is -0.244. The van der Waals surface area contributed by atoms with Gasteiger partial charge < -0.3 is 34.9 Å². The van der Waals surface area contributed by atoms with Gasteiger partial charge in [-0.1, -0.05) is 29.8 Å². The summed E-state index contributed by atoms with van der Waals surface area (Å²) in [5.74, 6) is 1.47. The number of nitrogens with one attached hydrogen (secondary N) is 3. The van der Waals surface area contributed by atoms with E-state index in [1.165, 1.54) is 20.3 Å². The van der Waals surface area contributed by atoms with Crippen LogP contribution in [0.25, 0.3) is 22.2 Å². The normalized spacial score (nSPS) is 20.6. The highest BCUT2D eigenvalue weighted by atomic mass is 35.5. The number of carbonyl (C=O) groups is 1. The van der Waals surface area contributed by atoms with Crippen molar-refractivity contribution in [2.45, 2.75) is 31.0 Å². The molecule has 2 aliphatic rings. The van der Waals surface area contributed by atoms with Gasteiger partial charge in [0.25, 0.3) is 0 Å². The quantitative estimate of drug-likeness (QED) is 0.314. The summed E-state index contributed by atoms with van der Waals surface area (Å²) in [6.45, 7) is 5.67. The van der Waals surface area contributed by atoms with Gasteiger partial charge in [0, 0.05) is 36.4 Å². The molecule has 11 nitrogen and oxygen atoms in total. The van der Waals surface area contributed by atoms with Crippen molar-refractivity contribution < 1.29 is 23.7 Å². The molecule has 3 aromatic rings. The molecule has 2 saturated heterocycles.